The van der Waals surface area contributed by atoms with Gasteiger partial charge in [0, 0.05) is 5.02 Å². The Labute approximate surface area is 203 Å². The molecule has 1 aliphatic heterocycles. The number of hydrogen-bond donors (Lipinski definition) is 0. The molecule has 0 amide bonds. The van der Waals surface area contributed by atoms with Gasteiger partial charge in [0.1, 0.15) is 6.10 Å². The predicted molar refractivity (Wildman–Crippen MR) is 128 cm³/mol. The molecule has 0 spiro atoms. The normalized spacial score (nSPS) is 17.3. The molecule has 0 unspecified atom stereocenters. The number of halogens is 1. The van der Waals surface area contributed by atoms with Gasteiger partial charge in [0.05, 0.1) is 10.5 Å². The van der Waals surface area contributed by atoms with Crippen LogP contribution in [0.15, 0.2) is 83.8 Å². The summed E-state index contributed by atoms with van der Waals surface area (Å²) in [5.74, 6) is -1.49. The number of sulfonamides is 1. The summed E-state index contributed by atoms with van der Waals surface area (Å²) in [4.78, 5) is 25.6. The summed E-state index contributed by atoms with van der Waals surface area (Å²) in [5, 5.41) is 0.447. The van der Waals surface area contributed by atoms with Crippen LogP contribution in [0.2, 0.25) is 5.02 Å². The number of hydrogen-bond acceptors (Lipinski definition) is 6. The summed E-state index contributed by atoms with van der Waals surface area (Å²) < 4.78 is 39.5. The first-order valence-corrected chi connectivity index (χ1v) is 12.3. The SMILES string of the molecule is Cc1ccc(S(=O)(=O)N2B(c3ccc(Cl)cc3)OC(=O)[C@@H]2[C@@H](C)OC(=O)c2ccccc2)cc1. The molecular weight excluding hydrogens is 477 g/mol. The number of carbonyl (C=O) groups is 2. The fourth-order valence-corrected chi connectivity index (χ4v) is 5.53. The first-order chi connectivity index (χ1) is 16.2. The lowest BCUT2D eigenvalue weighted by atomic mass is 9.74. The third-order valence-electron chi connectivity index (χ3n) is 5.47. The zero-order valence-corrected chi connectivity index (χ0v) is 20.0. The fraction of sp³-hybridized carbons (Fsp3) is 0.167. The van der Waals surface area contributed by atoms with Gasteiger partial charge in [-0.1, -0.05) is 59.6 Å². The van der Waals surface area contributed by atoms with E-state index in [2.05, 4.69) is 0 Å². The number of benzene rings is 3. The standard InChI is InChI=1S/C24H21BClNO6S/c1-16-8-14-21(15-9-16)34(30,31)27-22(17(2)32-23(28)18-6-4-3-5-7-18)24(29)33-25(27)19-10-12-20(26)13-11-19/h3-15,17,22H,1-2H3/t17-,22+/m1/s1. The molecule has 1 aliphatic rings. The molecule has 0 radical (unpaired) electrons. The zero-order valence-electron chi connectivity index (χ0n) is 18.4. The molecule has 1 heterocycles. The Hall–Kier alpha value is -3.14. The van der Waals surface area contributed by atoms with Crippen LogP contribution in [0.3, 0.4) is 0 Å². The average Bonchev–Trinajstić information content (AvgIpc) is 3.18. The van der Waals surface area contributed by atoms with E-state index in [4.69, 9.17) is 21.0 Å². The van der Waals surface area contributed by atoms with Crippen molar-refractivity contribution in [2.75, 3.05) is 0 Å². The van der Waals surface area contributed by atoms with Crippen LogP contribution in [0, 0.1) is 6.92 Å². The number of esters is 1. The van der Waals surface area contributed by atoms with Crippen molar-refractivity contribution < 1.29 is 27.4 Å². The summed E-state index contributed by atoms with van der Waals surface area (Å²) in [6, 6.07) is 19.4. The lowest BCUT2D eigenvalue weighted by molar-refractivity contribution is -0.136. The van der Waals surface area contributed by atoms with Gasteiger partial charge in [-0.2, -0.15) is 4.22 Å². The van der Waals surface area contributed by atoms with E-state index in [9.17, 15) is 18.0 Å². The van der Waals surface area contributed by atoms with Crippen molar-refractivity contribution >= 4 is 46.1 Å². The monoisotopic (exact) mass is 497 g/mol. The minimum absolute atomic E-state index is 0.0121. The Kier molecular flexibility index (Phi) is 6.79. The molecule has 1 fully saturated rings. The minimum Gasteiger partial charge on any atom is -0.514 e. The number of rotatable bonds is 6. The van der Waals surface area contributed by atoms with Crippen LogP contribution >= 0.6 is 11.6 Å². The van der Waals surface area contributed by atoms with Gasteiger partial charge >= 0.3 is 19.0 Å². The van der Waals surface area contributed by atoms with E-state index in [0.29, 0.717) is 10.5 Å². The third kappa shape index (κ3) is 4.73. The Morgan fingerprint density at radius 2 is 1.65 bits per heavy atom. The van der Waals surface area contributed by atoms with E-state index < -0.39 is 41.2 Å². The fourth-order valence-electron chi connectivity index (χ4n) is 3.71. The first-order valence-electron chi connectivity index (χ1n) is 10.5. The van der Waals surface area contributed by atoms with E-state index >= 15 is 0 Å². The highest BCUT2D eigenvalue weighted by Gasteiger charge is 2.56. The van der Waals surface area contributed by atoms with Gasteiger partial charge in [0.15, 0.2) is 6.04 Å². The second-order valence-corrected chi connectivity index (χ2v) is 10.2. The molecule has 0 aromatic heterocycles. The van der Waals surface area contributed by atoms with Crippen molar-refractivity contribution in [2.45, 2.75) is 30.9 Å². The van der Waals surface area contributed by atoms with Crippen molar-refractivity contribution in [2.24, 2.45) is 0 Å². The topological polar surface area (TPSA) is 90.0 Å². The van der Waals surface area contributed by atoms with Gasteiger partial charge in [-0.25, -0.2) is 13.2 Å². The molecule has 34 heavy (non-hydrogen) atoms. The highest BCUT2D eigenvalue weighted by atomic mass is 35.5. The van der Waals surface area contributed by atoms with Crippen LogP contribution in [-0.4, -0.2) is 43.8 Å². The van der Waals surface area contributed by atoms with Gasteiger partial charge in [-0.3, -0.25) is 4.79 Å². The Morgan fingerprint density at radius 1 is 1.03 bits per heavy atom. The van der Waals surface area contributed by atoms with E-state index in [0.717, 1.165) is 9.78 Å². The summed E-state index contributed by atoms with van der Waals surface area (Å²) >= 11 is 5.98. The van der Waals surface area contributed by atoms with Crippen molar-refractivity contribution in [1.82, 2.24) is 4.22 Å². The summed E-state index contributed by atoms with van der Waals surface area (Å²) in [5.41, 5.74) is 1.57. The lowest BCUT2D eigenvalue weighted by Crippen LogP contribution is -2.54. The summed E-state index contributed by atoms with van der Waals surface area (Å²) in [7, 11) is -5.48. The molecule has 4 rings (SSSR count). The summed E-state index contributed by atoms with van der Waals surface area (Å²) in [6.07, 6.45) is -1.13. The zero-order chi connectivity index (χ0) is 24.5. The second kappa shape index (κ2) is 9.62. The molecular formula is C24H21BClNO6S. The van der Waals surface area contributed by atoms with Gasteiger partial charge in [-0.05, 0) is 55.7 Å². The number of carbonyl (C=O) groups excluding carboxylic acids is 2. The Balaban J connectivity index is 1.74. The van der Waals surface area contributed by atoms with E-state index in [1.807, 2.05) is 6.92 Å². The molecule has 1 saturated heterocycles. The molecule has 174 valence electrons. The van der Waals surface area contributed by atoms with Crippen LogP contribution in [0.25, 0.3) is 0 Å². The number of nitrogens with zero attached hydrogens (tertiary/aromatic N) is 1. The molecule has 0 aliphatic carbocycles. The van der Waals surface area contributed by atoms with Crippen molar-refractivity contribution in [3.05, 3.63) is 95.0 Å². The van der Waals surface area contributed by atoms with E-state index in [1.54, 1.807) is 66.7 Å². The van der Waals surface area contributed by atoms with Gasteiger partial charge in [0.25, 0.3) is 0 Å². The van der Waals surface area contributed by atoms with Gasteiger partial charge < -0.3 is 9.39 Å². The van der Waals surface area contributed by atoms with Crippen molar-refractivity contribution in [1.29, 1.82) is 0 Å². The van der Waals surface area contributed by atoms with Crippen LogP contribution in [0.4, 0.5) is 0 Å². The van der Waals surface area contributed by atoms with Crippen LogP contribution in [0.5, 0.6) is 0 Å². The molecule has 3 aromatic rings. The third-order valence-corrected chi connectivity index (χ3v) is 7.57. The number of aryl methyl sites for hydroxylation is 1. The van der Waals surface area contributed by atoms with E-state index in [1.165, 1.54) is 19.1 Å². The van der Waals surface area contributed by atoms with E-state index in [-0.39, 0.29) is 10.5 Å². The molecule has 3 aromatic carbocycles. The molecule has 0 saturated carbocycles. The largest absolute Gasteiger partial charge is 0.514 e. The van der Waals surface area contributed by atoms with Crippen LogP contribution in [0.1, 0.15) is 22.8 Å². The highest BCUT2D eigenvalue weighted by Crippen LogP contribution is 2.29. The predicted octanol–water partition coefficient (Wildman–Crippen LogP) is 3.21. The maximum atomic E-state index is 13.7. The minimum atomic E-state index is -4.23. The van der Waals surface area contributed by atoms with Crippen LogP contribution < -0.4 is 5.46 Å². The maximum Gasteiger partial charge on any atom is 0.502 e. The first kappa shape index (κ1) is 24.0. The second-order valence-electron chi connectivity index (χ2n) is 7.91. The quantitative estimate of drug-likeness (QED) is 0.384. The van der Waals surface area contributed by atoms with Gasteiger partial charge in [-0.15, -0.1) is 0 Å². The highest BCUT2D eigenvalue weighted by molar-refractivity contribution is 7.90. The summed E-state index contributed by atoms with van der Waals surface area (Å²) in [6.45, 7) is 3.30. The molecule has 0 bridgehead atoms. The maximum absolute atomic E-state index is 13.7. The average molecular weight is 498 g/mol. The van der Waals surface area contributed by atoms with Crippen molar-refractivity contribution in [3.8, 4) is 0 Å². The van der Waals surface area contributed by atoms with Crippen LogP contribution in [-0.2, 0) is 24.2 Å². The molecule has 7 nitrogen and oxygen atoms in total. The Bertz CT molecular complexity index is 1300. The van der Waals surface area contributed by atoms with Crippen molar-refractivity contribution in [3.63, 3.8) is 0 Å². The molecule has 0 N–H and O–H groups in total. The molecule has 2 atom stereocenters. The Morgan fingerprint density at radius 3 is 2.26 bits per heavy atom. The smallest absolute Gasteiger partial charge is 0.502 e. The van der Waals surface area contributed by atoms with Gasteiger partial charge in [0.2, 0.25) is 10.0 Å². The number of ether oxygens (including phenoxy) is 1. The lowest BCUT2D eigenvalue weighted by Gasteiger charge is -2.27. The molecule has 10 heteroatoms.